The van der Waals surface area contributed by atoms with Gasteiger partial charge in [-0.05, 0) is 13.0 Å². The summed E-state index contributed by atoms with van der Waals surface area (Å²) in [5, 5.41) is 3.31. The molecule has 1 aromatic heterocycles. The third kappa shape index (κ3) is 3.67. The van der Waals surface area contributed by atoms with Gasteiger partial charge < -0.3 is 5.73 Å². The summed E-state index contributed by atoms with van der Waals surface area (Å²) in [4.78, 5) is 4.97. The molecule has 0 saturated carbocycles. The minimum atomic E-state index is 0.430. The Morgan fingerprint density at radius 2 is 2.43 bits per heavy atom. The van der Waals surface area contributed by atoms with Crippen molar-refractivity contribution in [1.29, 1.82) is 0 Å². The molecule has 0 amide bonds. The Labute approximate surface area is 98.1 Å². The van der Waals surface area contributed by atoms with Crippen molar-refractivity contribution < 1.29 is 0 Å². The molecule has 1 heterocycles. The van der Waals surface area contributed by atoms with Gasteiger partial charge in [-0.3, -0.25) is 0 Å². The lowest BCUT2D eigenvalue weighted by Crippen LogP contribution is -2.03. The minimum Gasteiger partial charge on any atom is -0.330 e. The van der Waals surface area contributed by atoms with Crippen LogP contribution >= 0.6 is 27.3 Å². The molecule has 1 atom stereocenters. The van der Waals surface area contributed by atoms with Crippen molar-refractivity contribution in [3.8, 4) is 0 Å². The van der Waals surface area contributed by atoms with Gasteiger partial charge in [0.1, 0.15) is 5.01 Å². The number of hydrogen-bond donors (Lipinski definition) is 1. The van der Waals surface area contributed by atoms with E-state index in [1.54, 1.807) is 11.3 Å². The largest absolute Gasteiger partial charge is 0.330 e. The van der Waals surface area contributed by atoms with Gasteiger partial charge in [-0.25, -0.2) is 4.98 Å². The van der Waals surface area contributed by atoms with Crippen LogP contribution in [-0.4, -0.2) is 11.5 Å². The van der Waals surface area contributed by atoms with E-state index in [0.29, 0.717) is 11.4 Å². The first kappa shape index (κ1) is 12.1. The molecule has 0 aliphatic carbocycles. The highest BCUT2D eigenvalue weighted by Gasteiger charge is 2.11. The lowest BCUT2D eigenvalue weighted by atomic mass is 10.2. The third-order valence-electron chi connectivity index (χ3n) is 2.05. The number of nitrogens with two attached hydrogens (primary N) is 1. The minimum absolute atomic E-state index is 0.430. The molecule has 1 rings (SSSR count). The van der Waals surface area contributed by atoms with Crippen LogP contribution in [0.3, 0.4) is 0 Å². The fourth-order valence-electron chi connectivity index (χ4n) is 1.24. The van der Waals surface area contributed by atoms with Gasteiger partial charge in [0, 0.05) is 11.8 Å². The number of halogens is 1. The molecule has 1 aromatic rings. The Hall–Kier alpha value is 0.0700. The van der Waals surface area contributed by atoms with Crippen LogP contribution in [0.5, 0.6) is 0 Å². The molecule has 0 bridgehead atoms. The second-order valence-electron chi connectivity index (χ2n) is 3.33. The third-order valence-corrected chi connectivity index (χ3v) is 4.25. The average molecular weight is 277 g/mol. The molecule has 0 aliphatic heterocycles. The Kier molecular flexibility index (Phi) is 5.67. The summed E-state index contributed by atoms with van der Waals surface area (Å²) < 4.78 is 0. The first-order valence-corrected chi connectivity index (χ1v) is 6.86. The zero-order valence-corrected chi connectivity index (χ0v) is 10.9. The normalized spacial score (nSPS) is 13.1. The molecular formula is C10H17BrN2S. The summed E-state index contributed by atoms with van der Waals surface area (Å²) in [7, 11) is 0. The molecule has 1 unspecified atom stereocenters. The van der Waals surface area contributed by atoms with E-state index in [4.69, 9.17) is 5.73 Å². The van der Waals surface area contributed by atoms with Gasteiger partial charge in [0.15, 0.2) is 0 Å². The van der Waals surface area contributed by atoms with Gasteiger partial charge in [-0.2, -0.15) is 0 Å². The number of aromatic nitrogens is 1. The van der Waals surface area contributed by atoms with Crippen LogP contribution in [0.2, 0.25) is 0 Å². The number of hydrogen-bond acceptors (Lipinski definition) is 3. The number of nitrogens with zero attached hydrogens (tertiary/aromatic N) is 1. The summed E-state index contributed by atoms with van der Waals surface area (Å²) in [6.07, 6.45) is 4.56. The molecule has 2 nitrogen and oxygen atoms in total. The molecule has 0 radical (unpaired) electrons. The molecular weight excluding hydrogens is 260 g/mol. The number of unbranched alkanes of at least 4 members (excludes halogenated alkanes) is 1. The maximum Gasteiger partial charge on any atom is 0.106 e. The molecule has 2 N–H and O–H groups in total. The van der Waals surface area contributed by atoms with Gasteiger partial charge in [-0.15, -0.1) is 11.3 Å². The van der Waals surface area contributed by atoms with Crippen molar-refractivity contribution >= 4 is 27.3 Å². The van der Waals surface area contributed by atoms with Crippen LogP contribution in [-0.2, 0) is 6.42 Å². The lowest BCUT2D eigenvalue weighted by molar-refractivity contribution is 0.708. The highest BCUT2D eigenvalue weighted by Crippen LogP contribution is 2.30. The summed E-state index contributed by atoms with van der Waals surface area (Å²) in [5.41, 5.74) is 6.61. The van der Waals surface area contributed by atoms with Crippen LogP contribution in [0.4, 0.5) is 0 Å². The van der Waals surface area contributed by atoms with Crippen LogP contribution < -0.4 is 5.73 Å². The zero-order chi connectivity index (χ0) is 10.4. The standard InChI is InChI=1S/C10H17BrN2S/c1-2-3-4-9(11)10-13-8(5-6-12)7-14-10/h7,9H,2-6,12H2,1H3. The molecule has 0 aromatic carbocycles. The second kappa shape index (κ2) is 6.53. The lowest BCUT2D eigenvalue weighted by Gasteiger charge is -2.04. The first-order chi connectivity index (χ1) is 6.77. The molecule has 4 heteroatoms. The summed E-state index contributed by atoms with van der Waals surface area (Å²) in [6, 6.07) is 0. The van der Waals surface area contributed by atoms with Crippen LogP contribution in [0.1, 0.15) is 41.7 Å². The van der Waals surface area contributed by atoms with Gasteiger partial charge in [0.25, 0.3) is 0 Å². The van der Waals surface area contributed by atoms with Crippen molar-refractivity contribution in [2.75, 3.05) is 6.54 Å². The molecule has 14 heavy (non-hydrogen) atoms. The monoisotopic (exact) mass is 276 g/mol. The number of alkyl halides is 1. The predicted molar refractivity (Wildman–Crippen MR) is 66.1 cm³/mol. The Bertz CT molecular complexity index is 262. The van der Waals surface area contributed by atoms with E-state index in [1.165, 1.54) is 24.3 Å². The topological polar surface area (TPSA) is 38.9 Å². The van der Waals surface area contributed by atoms with E-state index < -0.39 is 0 Å². The fraction of sp³-hybridized carbons (Fsp3) is 0.700. The molecule has 0 saturated heterocycles. The molecule has 80 valence electrons. The van der Waals surface area contributed by atoms with Crippen molar-refractivity contribution in [2.24, 2.45) is 5.73 Å². The van der Waals surface area contributed by atoms with E-state index in [2.05, 4.69) is 33.2 Å². The summed E-state index contributed by atoms with van der Waals surface area (Å²) >= 11 is 5.40. The van der Waals surface area contributed by atoms with Gasteiger partial charge >= 0.3 is 0 Å². The van der Waals surface area contributed by atoms with Crippen molar-refractivity contribution in [3.63, 3.8) is 0 Å². The average Bonchev–Trinajstić information content (AvgIpc) is 2.63. The Morgan fingerprint density at radius 1 is 1.64 bits per heavy atom. The quantitative estimate of drug-likeness (QED) is 0.810. The van der Waals surface area contributed by atoms with Crippen molar-refractivity contribution in [2.45, 2.75) is 37.4 Å². The maximum absolute atomic E-state index is 5.48. The van der Waals surface area contributed by atoms with Crippen LogP contribution in [0.15, 0.2) is 5.38 Å². The fourth-order valence-corrected chi connectivity index (χ4v) is 2.85. The van der Waals surface area contributed by atoms with Crippen LogP contribution in [0, 0.1) is 0 Å². The number of rotatable bonds is 6. The van der Waals surface area contributed by atoms with Crippen molar-refractivity contribution in [3.05, 3.63) is 16.1 Å². The second-order valence-corrected chi connectivity index (χ2v) is 5.32. The molecule has 0 spiro atoms. The SMILES string of the molecule is CCCCC(Br)c1nc(CCN)cs1. The molecule has 0 aliphatic rings. The highest BCUT2D eigenvalue weighted by molar-refractivity contribution is 9.09. The Morgan fingerprint density at radius 3 is 3.07 bits per heavy atom. The van der Waals surface area contributed by atoms with E-state index in [1.807, 2.05) is 0 Å². The van der Waals surface area contributed by atoms with E-state index >= 15 is 0 Å². The number of thiazole rings is 1. The van der Waals surface area contributed by atoms with E-state index in [9.17, 15) is 0 Å². The Balaban J connectivity index is 2.48. The van der Waals surface area contributed by atoms with E-state index in [0.717, 1.165) is 12.1 Å². The first-order valence-electron chi connectivity index (χ1n) is 5.06. The van der Waals surface area contributed by atoms with Gasteiger partial charge in [0.2, 0.25) is 0 Å². The van der Waals surface area contributed by atoms with Crippen LogP contribution in [0.25, 0.3) is 0 Å². The van der Waals surface area contributed by atoms with Gasteiger partial charge in [-0.1, -0.05) is 35.7 Å². The summed E-state index contributed by atoms with van der Waals surface area (Å²) in [6.45, 7) is 2.90. The van der Waals surface area contributed by atoms with Crippen molar-refractivity contribution in [1.82, 2.24) is 4.98 Å². The highest BCUT2D eigenvalue weighted by atomic mass is 79.9. The van der Waals surface area contributed by atoms with Gasteiger partial charge in [0.05, 0.1) is 10.5 Å². The van der Waals surface area contributed by atoms with E-state index in [-0.39, 0.29) is 0 Å². The predicted octanol–water partition coefficient (Wildman–Crippen LogP) is 3.27. The maximum atomic E-state index is 5.48. The zero-order valence-electron chi connectivity index (χ0n) is 8.50. The molecule has 0 fully saturated rings. The smallest absolute Gasteiger partial charge is 0.106 e. The summed E-state index contributed by atoms with van der Waals surface area (Å²) in [5.74, 6) is 0.